The van der Waals surface area contributed by atoms with E-state index >= 15 is 0 Å². The number of rotatable bonds is 3. The van der Waals surface area contributed by atoms with Crippen molar-refractivity contribution in [3.8, 4) is 0 Å². The molecule has 7 heteroatoms. The molecule has 2 heterocycles. The van der Waals surface area contributed by atoms with Crippen molar-refractivity contribution in [3.05, 3.63) is 17.5 Å². The molecule has 1 aromatic rings. The van der Waals surface area contributed by atoms with Crippen LogP contribution in [0.3, 0.4) is 0 Å². The summed E-state index contributed by atoms with van der Waals surface area (Å²) in [5, 5.41) is 15.6. The summed E-state index contributed by atoms with van der Waals surface area (Å²) in [7, 11) is 0. The minimum atomic E-state index is -2.91. The smallest absolute Gasteiger partial charge is 0.274 e. The van der Waals surface area contributed by atoms with Crippen molar-refractivity contribution in [1.82, 2.24) is 15.1 Å². The van der Waals surface area contributed by atoms with Crippen LogP contribution in [0, 0.1) is 5.92 Å². The van der Waals surface area contributed by atoms with Crippen molar-refractivity contribution < 1.29 is 18.7 Å². The molecule has 0 saturated carbocycles. The average Bonchev–Trinajstić information content (AvgIpc) is 2.86. The second-order valence-electron chi connectivity index (χ2n) is 4.77. The first-order chi connectivity index (χ1) is 8.97. The lowest BCUT2D eigenvalue weighted by Gasteiger charge is -2.37. The molecule has 0 spiro atoms. The number of halogens is 2. The zero-order valence-electron chi connectivity index (χ0n) is 10.7. The Morgan fingerprint density at radius 3 is 3.00 bits per heavy atom. The van der Waals surface area contributed by atoms with E-state index in [0.29, 0.717) is 0 Å². The normalized spacial score (nSPS) is 22.5. The maximum absolute atomic E-state index is 13.4. The number of aliphatic hydroxyl groups excluding tert-OH is 1. The van der Waals surface area contributed by atoms with E-state index in [4.69, 9.17) is 5.11 Å². The van der Waals surface area contributed by atoms with Crippen LogP contribution in [0.15, 0.2) is 6.07 Å². The summed E-state index contributed by atoms with van der Waals surface area (Å²) in [5.41, 5.74) is 1.06. The number of amides is 1. The van der Waals surface area contributed by atoms with Gasteiger partial charge in [-0.15, -0.1) is 0 Å². The second kappa shape index (κ2) is 5.24. The Bertz CT molecular complexity index is 462. The molecule has 1 fully saturated rings. The lowest BCUT2D eigenvalue weighted by molar-refractivity contribution is -0.113. The summed E-state index contributed by atoms with van der Waals surface area (Å²) in [6.07, 6.45) is 0.298. The van der Waals surface area contributed by atoms with Gasteiger partial charge < -0.3 is 10.0 Å². The predicted molar refractivity (Wildman–Crippen MR) is 64.0 cm³/mol. The molecule has 1 atom stereocenters. The van der Waals surface area contributed by atoms with Gasteiger partial charge in [0.2, 0.25) is 0 Å². The SMILES string of the molecule is CCc1cc(C(=O)N2CCC(F)(F)C(CO)C2)n[nH]1. The minimum Gasteiger partial charge on any atom is -0.396 e. The maximum Gasteiger partial charge on any atom is 0.274 e. The zero-order valence-corrected chi connectivity index (χ0v) is 10.7. The highest BCUT2D eigenvalue weighted by Gasteiger charge is 2.44. The van der Waals surface area contributed by atoms with Gasteiger partial charge in [-0.2, -0.15) is 5.10 Å². The Kier molecular flexibility index (Phi) is 3.84. The highest BCUT2D eigenvalue weighted by Crippen LogP contribution is 2.33. The first-order valence-corrected chi connectivity index (χ1v) is 6.30. The van der Waals surface area contributed by atoms with E-state index in [2.05, 4.69) is 10.2 Å². The van der Waals surface area contributed by atoms with Crippen LogP contribution in [0.4, 0.5) is 8.78 Å². The molecule has 2 rings (SSSR count). The highest BCUT2D eigenvalue weighted by molar-refractivity contribution is 5.92. The first-order valence-electron chi connectivity index (χ1n) is 6.30. The molecule has 1 saturated heterocycles. The summed E-state index contributed by atoms with van der Waals surface area (Å²) in [6.45, 7) is 1.13. The number of aromatic amines is 1. The van der Waals surface area contributed by atoms with Crippen LogP contribution < -0.4 is 0 Å². The molecule has 0 aliphatic carbocycles. The van der Waals surface area contributed by atoms with Crippen LogP contribution in [-0.2, 0) is 6.42 Å². The molecule has 1 aliphatic heterocycles. The quantitative estimate of drug-likeness (QED) is 0.865. The second-order valence-corrected chi connectivity index (χ2v) is 4.77. The predicted octanol–water partition coefficient (Wildman–Crippen LogP) is 1.06. The van der Waals surface area contributed by atoms with Crippen LogP contribution in [0.5, 0.6) is 0 Å². The third-order valence-electron chi connectivity index (χ3n) is 3.49. The van der Waals surface area contributed by atoms with Gasteiger partial charge in [0.1, 0.15) is 5.69 Å². The number of aromatic nitrogens is 2. The minimum absolute atomic E-state index is 0.0172. The largest absolute Gasteiger partial charge is 0.396 e. The van der Waals surface area contributed by atoms with E-state index in [1.54, 1.807) is 6.07 Å². The van der Waals surface area contributed by atoms with Gasteiger partial charge in [-0.1, -0.05) is 6.92 Å². The Hall–Kier alpha value is -1.50. The van der Waals surface area contributed by atoms with Crippen LogP contribution in [-0.4, -0.2) is 51.7 Å². The molecular weight excluding hydrogens is 256 g/mol. The third kappa shape index (κ3) is 2.75. The van der Waals surface area contributed by atoms with Crippen LogP contribution in [0.2, 0.25) is 0 Å². The fourth-order valence-electron chi connectivity index (χ4n) is 2.17. The van der Waals surface area contributed by atoms with Crippen molar-refractivity contribution in [2.75, 3.05) is 19.7 Å². The van der Waals surface area contributed by atoms with E-state index in [1.807, 2.05) is 6.92 Å². The van der Waals surface area contributed by atoms with Crippen molar-refractivity contribution in [1.29, 1.82) is 0 Å². The summed E-state index contributed by atoms with van der Waals surface area (Å²) < 4.78 is 26.9. The Labute approximate surface area is 109 Å². The number of hydrogen-bond donors (Lipinski definition) is 2. The number of nitrogens with zero attached hydrogens (tertiary/aromatic N) is 2. The molecule has 0 aromatic carbocycles. The monoisotopic (exact) mass is 273 g/mol. The Balaban J connectivity index is 2.08. The van der Waals surface area contributed by atoms with E-state index in [-0.39, 0.29) is 24.7 Å². The number of aliphatic hydroxyl groups is 1. The van der Waals surface area contributed by atoms with E-state index in [1.165, 1.54) is 4.90 Å². The van der Waals surface area contributed by atoms with E-state index in [0.717, 1.165) is 12.1 Å². The third-order valence-corrected chi connectivity index (χ3v) is 3.49. The van der Waals surface area contributed by atoms with Crippen molar-refractivity contribution >= 4 is 5.91 Å². The lowest BCUT2D eigenvalue weighted by atomic mass is 9.94. The zero-order chi connectivity index (χ0) is 14.0. The number of aryl methyl sites for hydroxylation is 1. The number of nitrogens with one attached hydrogen (secondary N) is 1. The van der Waals surface area contributed by atoms with Crippen molar-refractivity contribution in [3.63, 3.8) is 0 Å². The highest BCUT2D eigenvalue weighted by atomic mass is 19.3. The molecule has 1 unspecified atom stereocenters. The number of carbonyl (C=O) groups excluding carboxylic acids is 1. The number of piperidine rings is 1. The summed E-state index contributed by atoms with van der Waals surface area (Å²) in [5.74, 6) is -4.48. The Morgan fingerprint density at radius 2 is 2.42 bits per heavy atom. The van der Waals surface area contributed by atoms with Gasteiger partial charge in [0, 0.05) is 25.2 Å². The van der Waals surface area contributed by atoms with Gasteiger partial charge in [-0.3, -0.25) is 9.89 Å². The van der Waals surface area contributed by atoms with Gasteiger partial charge in [0.05, 0.1) is 12.5 Å². The van der Waals surface area contributed by atoms with Crippen LogP contribution in [0.1, 0.15) is 29.5 Å². The fourth-order valence-corrected chi connectivity index (χ4v) is 2.17. The molecule has 0 radical (unpaired) electrons. The maximum atomic E-state index is 13.4. The first kappa shape index (κ1) is 13.9. The van der Waals surface area contributed by atoms with Crippen LogP contribution >= 0.6 is 0 Å². The molecule has 0 bridgehead atoms. The average molecular weight is 273 g/mol. The molecule has 2 N–H and O–H groups in total. The standard InChI is InChI=1S/C12H17F2N3O2/c1-2-9-5-10(16-15-9)11(19)17-4-3-12(13,14)8(6-17)7-18/h5,8,18H,2-4,6-7H2,1H3,(H,15,16). The number of alkyl halides is 2. The molecule has 1 amide bonds. The molecule has 5 nitrogen and oxygen atoms in total. The van der Waals surface area contributed by atoms with Crippen molar-refractivity contribution in [2.24, 2.45) is 5.92 Å². The number of carbonyl (C=O) groups is 1. The summed E-state index contributed by atoms with van der Waals surface area (Å²) >= 11 is 0. The van der Waals surface area contributed by atoms with Crippen LogP contribution in [0.25, 0.3) is 0 Å². The Morgan fingerprint density at radius 1 is 1.68 bits per heavy atom. The van der Waals surface area contributed by atoms with Gasteiger partial charge in [0.25, 0.3) is 11.8 Å². The molecule has 106 valence electrons. The van der Waals surface area contributed by atoms with Gasteiger partial charge >= 0.3 is 0 Å². The molecule has 19 heavy (non-hydrogen) atoms. The van der Waals surface area contributed by atoms with Gasteiger partial charge in [0.15, 0.2) is 0 Å². The van der Waals surface area contributed by atoms with E-state index in [9.17, 15) is 13.6 Å². The van der Waals surface area contributed by atoms with E-state index < -0.39 is 24.9 Å². The lowest BCUT2D eigenvalue weighted by Crippen LogP contribution is -2.50. The number of hydrogen-bond acceptors (Lipinski definition) is 3. The molecule has 1 aliphatic rings. The van der Waals surface area contributed by atoms with Gasteiger partial charge in [-0.05, 0) is 12.5 Å². The topological polar surface area (TPSA) is 69.2 Å². The number of likely N-dealkylation sites (tertiary alicyclic amines) is 1. The molecule has 1 aromatic heterocycles. The van der Waals surface area contributed by atoms with Crippen molar-refractivity contribution in [2.45, 2.75) is 25.7 Å². The summed E-state index contributed by atoms with van der Waals surface area (Å²) in [6, 6.07) is 1.63. The fraction of sp³-hybridized carbons (Fsp3) is 0.667. The van der Waals surface area contributed by atoms with Gasteiger partial charge in [-0.25, -0.2) is 8.78 Å². The molecular formula is C12H17F2N3O2. The number of H-pyrrole nitrogens is 1. The summed E-state index contributed by atoms with van der Waals surface area (Å²) in [4.78, 5) is 13.4.